The number of nitrogens with one attached hydrogen (secondary N) is 1. The third kappa shape index (κ3) is 5.83. The summed E-state index contributed by atoms with van der Waals surface area (Å²) >= 11 is 6.48. The zero-order valence-electron chi connectivity index (χ0n) is 19.7. The van der Waals surface area contributed by atoms with Crippen molar-refractivity contribution in [1.29, 1.82) is 0 Å². The van der Waals surface area contributed by atoms with Crippen molar-refractivity contribution in [2.24, 2.45) is 0 Å². The summed E-state index contributed by atoms with van der Waals surface area (Å²) in [6, 6.07) is 17.2. The summed E-state index contributed by atoms with van der Waals surface area (Å²) in [5.74, 6) is 4.70. The van der Waals surface area contributed by atoms with E-state index >= 15 is 0 Å². The summed E-state index contributed by atoms with van der Waals surface area (Å²) in [7, 11) is 0. The molecule has 0 amide bonds. The monoisotopic (exact) mass is 512 g/mol. The summed E-state index contributed by atoms with van der Waals surface area (Å²) < 4.78 is 25.4. The Labute approximate surface area is 219 Å². The van der Waals surface area contributed by atoms with E-state index in [0.717, 1.165) is 10.9 Å². The van der Waals surface area contributed by atoms with Crippen LogP contribution < -0.4 is 14.8 Å². The number of terminal acetylenes is 1. The Morgan fingerprint density at radius 1 is 1.08 bits per heavy atom. The van der Waals surface area contributed by atoms with Gasteiger partial charge in [0.25, 0.3) is 0 Å². The van der Waals surface area contributed by atoms with Crippen LogP contribution >= 0.6 is 11.6 Å². The Morgan fingerprint density at radius 3 is 2.76 bits per heavy atom. The molecule has 184 valence electrons. The molecule has 0 bridgehead atoms. The highest BCUT2D eigenvalue weighted by atomic mass is 35.5. The number of rotatable bonds is 8. The van der Waals surface area contributed by atoms with Crippen LogP contribution in [-0.2, 0) is 6.61 Å². The molecule has 1 aromatic heterocycles. The van der Waals surface area contributed by atoms with Gasteiger partial charge in [-0.3, -0.25) is 0 Å². The molecule has 0 saturated heterocycles. The van der Waals surface area contributed by atoms with Gasteiger partial charge in [0.15, 0.2) is 0 Å². The standard InChI is InChI=1S/C29H22ClFN4O2/c1-2-13-35-14-11-23(12-15-35)37-27-8-4-7-25-28(27)29(33-19-32-25)34-22-9-10-26(24(30)17-22)36-18-20-5-3-6-21(31)16-20/h1,3-12,14,16-17,19H,13,15,18H2,(H,32,33,34). The van der Waals surface area contributed by atoms with Crippen LogP contribution in [-0.4, -0.2) is 28.0 Å². The lowest BCUT2D eigenvalue weighted by atomic mass is 10.2. The van der Waals surface area contributed by atoms with E-state index in [4.69, 9.17) is 27.5 Å². The van der Waals surface area contributed by atoms with E-state index in [-0.39, 0.29) is 12.4 Å². The molecule has 0 saturated carbocycles. The van der Waals surface area contributed by atoms with Crippen molar-refractivity contribution in [1.82, 2.24) is 14.9 Å². The summed E-state index contributed by atoms with van der Waals surface area (Å²) in [5, 5.41) is 4.45. The first kappa shape index (κ1) is 24.2. The number of anilines is 2. The first-order valence-electron chi connectivity index (χ1n) is 11.5. The molecule has 8 heteroatoms. The Hall–Kier alpha value is -4.54. The predicted molar refractivity (Wildman–Crippen MR) is 143 cm³/mol. The average Bonchev–Trinajstić information content (AvgIpc) is 2.90. The summed E-state index contributed by atoms with van der Waals surface area (Å²) in [4.78, 5) is 10.8. The smallest absolute Gasteiger partial charge is 0.145 e. The Morgan fingerprint density at radius 2 is 1.97 bits per heavy atom. The molecule has 0 fully saturated rings. The van der Waals surface area contributed by atoms with Gasteiger partial charge in [0.1, 0.15) is 41.8 Å². The van der Waals surface area contributed by atoms with Crippen molar-refractivity contribution >= 4 is 34.0 Å². The van der Waals surface area contributed by atoms with E-state index in [0.29, 0.717) is 52.4 Å². The van der Waals surface area contributed by atoms with Gasteiger partial charge in [-0.25, -0.2) is 14.4 Å². The van der Waals surface area contributed by atoms with E-state index in [1.807, 2.05) is 47.5 Å². The van der Waals surface area contributed by atoms with Crippen molar-refractivity contribution in [3.63, 3.8) is 0 Å². The number of benzene rings is 3. The van der Waals surface area contributed by atoms with Crippen LogP contribution in [0.25, 0.3) is 10.9 Å². The van der Waals surface area contributed by atoms with Crippen LogP contribution in [0.3, 0.4) is 0 Å². The van der Waals surface area contributed by atoms with E-state index in [1.165, 1.54) is 18.5 Å². The highest BCUT2D eigenvalue weighted by Crippen LogP contribution is 2.35. The van der Waals surface area contributed by atoms with Crippen LogP contribution in [0.4, 0.5) is 15.9 Å². The van der Waals surface area contributed by atoms with Crippen molar-refractivity contribution in [3.8, 4) is 23.8 Å². The summed E-state index contributed by atoms with van der Waals surface area (Å²) in [6.07, 6.45) is 12.6. The van der Waals surface area contributed by atoms with Crippen molar-refractivity contribution in [2.75, 3.05) is 18.4 Å². The van der Waals surface area contributed by atoms with Crippen molar-refractivity contribution in [3.05, 3.63) is 108 Å². The number of ether oxygens (including phenoxy) is 2. The molecule has 0 aliphatic carbocycles. The van der Waals surface area contributed by atoms with Gasteiger partial charge >= 0.3 is 0 Å². The number of hydrogen-bond acceptors (Lipinski definition) is 6. The summed E-state index contributed by atoms with van der Waals surface area (Å²) in [5.41, 5.74) is 2.15. The normalized spacial score (nSPS) is 12.7. The minimum atomic E-state index is -0.311. The number of nitrogens with zero attached hydrogens (tertiary/aromatic N) is 3. The largest absolute Gasteiger partial charge is 0.487 e. The molecule has 37 heavy (non-hydrogen) atoms. The van der Waals surface area contributed by atoms with Crippen LogP contribution in [0.2, 0.25) is 5.02 Å². The molecular weight excluding hydrogens is 491 g/mol. The lowest BCUT2D eigenvalue weighted by molar-refractivity contribution is 0.306. The van der Waals surface area contributed by atoms with Gasteiger partial charge in [0.2, 0.25) is 0 Å². The highest BCUT2D eigenvalue weighted by molar-refractivity contribution is 6.32. The van der Waals surface area contributed by atoms with Gasteiger partial charge in [-0.15, -0.1) is 6.42 Å². The molecule has 6 nitrogen and oxygen atoms in total. The number of aromatic nitrogens is 2. The Balaban J connectivity index is 1.35. The minimum Gasteiger partial charge on any atom is -0.487 e. The molecule has 1 aliphatic heterocycles. The number of fused-ring (bicyclic) bond motifs is 1. The molecule has 3 aromatic carbocycles. The summed E-state index contributed by atoms with van der Waals surface area (Å²) in [6.45, 7) is 1.40. The van der Waals surface area contributed by atoms with Crippen LogP contribution in [0, 0.1) is 18.2 Å². The maximum Gasteiger partial charge on any atom is 0.145 e. The molecule has 0 spiro atoms. The molecule has 0 radical (unpaired) electrons. The van der Waals surface area contributed by atoms with Gasteiger partial charge in [0, 0.05) is 18.4 Å². The highest BCUT2D eigenvalue weighted by Gasteiger charge is 2.14. The van der Waals surface area contributed by atoms with E-state index < -0.39 is 0 Å². The second kappa shape index (κ2) is 11.0. The number of halogens is 2. The molecule has 0 atom stereocenters. The van der Waals surface area contributed by atoms with E-state index in [2.05, 4.69) is 21.2 Å². The van der Waals surface area contributed by atoms with Gasteiger partial charge in [-0.2, -0.15) is 0 Å². The number of allylic oxidation sites excluding steroid dienone is 1. The molecule has 1 N–H and O–H groups in total. The fourth-order valence-corrected chi connectivity index (χ4v) is 4.07. The molecule has 1 aliphatic rings. The van der Waals surface area contributed by atoms with Crippen LogP contribution in [0.15, 0.2) is 91.1 Å². The Bertz CT molecular complexity index is 1540. The SMILES string of the molecule is C#CCN1C=CC(Oc2cccc3ncnc(Nc4ccc(OCc5cccc(F)c5)c(Cl)c4)c23)=CC1. The van der Waals surface area contributed by atoms with E-state index in [1.54, 1.807) is 24.3 Å². The van der Waals surface area contributed by atoms with Crippen LogP contribution in [0.1, 0.15) is 5.56 Å². The predicted octanol–water partition coefficient (Wildman–Crippen LogP) is 6.47. The van der Waals surface area contributed by atoms with Gasteiger partial charge in [-0.1, -0.05) is 35.7 Å². The maximum atomic E-state index is 13.4. The fourth-order valence-electron chi connectivity index (χ4n) is 3.83. The van der Waals surface area contributed by atoms with Crippen molar-refractivity contribution < 1.29 is 13.9 Å². The van der Waals surface area contributed by atoms with Gasteiger partial charge < -0.3 is 19.7 Å². The zero-order chi connectivity index (χ0) is 25.6. The first-order chi connectivity index (χ1) is 18.1. The van der Waals surface area contributed by atoms with Gasteiger partial charge in [0.05, 0.1) is 22.5 Å². The maximum absolute atomic E-state index is 13.4. The topological polar surface area (TPSA) is 59.5 Å². The van der Waals surface area contributed by atoms with Crippen LogP contribution in [0.5, 0.6) is 11.5 Å². The zero-order valence-corrected chi connectivity index (χ0v) is 20.5. The second-order valence-electron chi connectivity index (χ2n) is 8.22. The quantitative estimate of drug-likeness (QED) is 0.273. The first-order valence-corrected chi connectivity index (χ1v) is 11.9. The molecular formula is C29H22ClFN4O2. The fraction of sp³-hybridized carbons (Fsp3) is 0.103. The van der Waals surface area contributed by atoms with E-state index in [9.17, 15) is 4.39 Å². The molecule has 5 rings (SSSR count). The van der Waals surface area contributed by atoms with Gasteiger partial charge in [-0.05, 0) is 60.2 Å². The third-order valence-electron chi connectivity index (χ3n) is 5.60. The average molecular weight is 513 g/mol. The Kier molecular flexibility index (Phi) is 7.20. The second-order valence-corrected chi connectivity index (χ2v) is 8.63. The number of hydrogen-bond donors (Lipinski definition) is 1. The van der Waals surface area contributed by atoms with Crippen molar-refractivity contribution in [2.45, 2.75) is 6.61 Å². The lowest BCUT2D eigenvalue weighted by Gasteiger charge is -2.20. The molecule has 2 heterocycles. The third-order valence-corrected chi connectivity index (χ3v) is 5.90. The minimum absolute atomic E-state index is 0.201. The molecule has 4 aromatic rings. The molecule has 0 unspecified atom stereocenters. The lowest BCUT2D eigenvalue weighted by Crippen LogP contribution is -2.20.